The molecule has 0 aliphatic rings. The molecule has 2 N–H and O–H groups in total. The van der Waals surface area contributed by atoms with Gasteiger partial charge < -0.3 is 9.92 Å². The summed E-state index contributed by atoms with van der Waals surface area (Å²) in [7, 11) is -3.48. The molecule has 0 amide bonds. The molecule has 72 valence electrons. The van der Waals surface area contributed by atoms with Crippen LogP contribution in [0.15, 0.2) is 24.3 Å². The van der Waals surface area contributed by atoms with E-state index < -0.39 is 10.1 Å². The van der Waals surface area contributed by atoms with Crippen LogP contribution in [0.1, 0.15) is 6.92 Å². The van der Waals surface area contributed by atoms with Crippen molar-refractivity contribution in [3.05, 3.63) is 24.3 Å². The van der Waals surface area contributed by atoms with E-state index in [1.807, 2.05) is 0 Å². The number of hydrogen-bond acceptors (Lipinski definition) is 4. The molecule has 1 aromatic carbocycles. The van der Waals surface area contributed by atoms with Crippen LogP contribution >= 0.6 is 0 Å². The van der Waals surface area contributed by atoms with Crippen LogP contribution < -0.4 is 9.92 Å². The minimum absolute atomic E-state index is 0.0681. The summed E-state index contributed by atoms with van der Waals surface area (Å²) in [5.74, 6) is 0.116. The molecule has 0 saturated heterocycles. The third-order valence-corrected chi connectivity index (χ3v) is 2.63. The number of rotatable bonds is 3. The molecule has 0 aliphatic carbocycles. The maximum atomic E-state index is 11.0. The molecule has 0 heterocycles. The van der Waals surface area contributed by atoms with Gasteiger partial charge in [-0.05, 0) is 19.1 Å². The molecule has 0 spiro atoms. The molecule has 5 heteroatoms. The molecule has 1 rings (SSSR count). The molecular weight excluding hydrogens is 190 g/mol. The number of anilines is 1. The molecule has 0 radical (unpaired) electrons. The Labute approximate surface area is 77.4 Å². The molecule has 0 bridgehead atoms. The number of hydrogen-bond donors (Lipinski definition) is 1. The highest BCUT2D eigenvalue weighted by molar-refractivity contribution is 7.87. The van der Waals surface area contributed by atoms with Crippen LogP contribution in [0.2, 0.25) is 0 Å². The monoisotopic (exact) mass is 201 g/mol. The number of nitrogen functional groups attached to an aromatic ring is 1. The van der Waals surface area contributed by atoms with Gasteiger partial charge in [-0.25, -0.2) is 0 Å². The van der Waals surface area contributed by atoms with Gasteiger partial charge in [-0.15, -0.1) is 0 Å². The van der Waals surface area contributed by atoms with Gasteiger partial charge in [-0.2, -0.15) is 8.42 Å². The Balaban J connectivity index is 2.93. The molecule has 0 saturated carbocycles. The topological polar surface area (TPSA) is 69.4 Å². The van der Waals surface area contributed by atoms with E-state index in [0.29, 0.717) is 5.69 Å². The summed E-state index contributed by atoms with van der Waals surface area (Å²) in [5, 5.41) is 0. The van der Waals surface area contributed by atoms with Gasteiger partial charge in [0.15, 0.2) is 5.75 Å². The van der Waals surface area contributed by atoms with Crippen molar-refractivity contribution in [2.45, 2.75) is 6.92 Å². The van der Waals surface area contributed by atoms with Gasteiger partial charge >= 0.3 is 10.1 Å². The van der Waals surface area contributed by atoms with Crippen molar-refractivity contribution in [2.75, 3.05) is 11.5 Å². The Morgan fingerprint density at radius 3 is 2.54 bits per heavy atom. The third kappa shape index (κ3) is 2.62. The van der Waals surface area contributed by atoms with Crippen LogP contribution in [-0.4, -0.2) is 14.2 Å². The summed E-state index contributed by atoms with van der Waals surface area (Å²) >= 11 is 0. The van der Waals surface area contributed by atoms with E-state index in [-0.39, 0.29) is 11.5 Å². The van der Waals surface area contributed by atoms with E-state index in [9.17, 15) is 8.42 Å². The van der Waals surface area contributed by atoms with Crippen molar-refractivity contribution in [1.82, 2.24) is 0 Å². The summed E-state index contributed by atoms with van der Waals surface area (Å²) in [6.07, 6.45) is 0. The molecule has 4 nitrogen and oxygen atoms in total. The second kappa shape index (κ2) is 3.66. The second-order valence-corrected chi connectivity index (χ2v) is 4.33. The van der Waals surface area contributed by atoms with Crippen molar-refractivity contribution in [1.29, 1.82) is 0 Å². The van der Waals surface area contributed by atoms with Crippen molar-refractivity contribution in [2.24, 2.45) is 0 Å². The normalized spacial score (nSPS) is 11.2. The van der Waals surface area contributed by atoms with E-state index in [4.69, 9.17) is 9.92 Å². The summed E-state index contributed by atoms with van der Waals surface area (Å²) < 4.78 is 26.8. The van der Waals surface area contributed by atoms with Gasteiger partial charge in [-0.3, -0.25) is 0 Å². The summed E-state index contributed by atoms with van der Waals surface area (Å²) in [6.45, 7) is 1.51. The van der Waals surface area contributed by atoms with Gasteiger partial charge in [0, 0.05) is 0 Å². The first kappa shape index (κ1) is 9.85. The smallest absolute Gasteiger partial charge is 0.308 e. The van der Waals surface area contributed by atoms with E-state index in [0.717, 1.165) is 0 Å². The Hall–Kier alpha value is -1.23. The number of para-hydroxylation sites is 2. The maximum Gasteiger partial charge on any atom is 0.308 e. The maximum absolute atomic E-state index is 11.0. The standard InChI is InChI=1S/C8H11NO3S/c1-2-13(10,11)12-8-6-4-3-5-7(8)9/h3-6H,2,9H2,1H3. The Morgan fingerprint density at radius 2 is 2.00 bits per heavy atom. The van der Waals surface area contributed by atoms with E-state index in [1.54, 1.807) is 18.2 Å². The predicted octanol–water partition coefficient (Wildman–Crippen LogP) is 0.997. The lowest BCUT2D eigenvalue weighted by atomic mass is 10.3. The fourth-order valence-corrected chi connectivity index (χ4v) is 1.30. The lowest BCUT2D eigenvalue weighted by Crippen LogP contribution is -2.12. The molecule has 0 atom stereocenters. The second-order valence-electron chi connectivity index (χ2n) is 2.47. The minimum Gasteiger partial charge on any atom is -0.396 e. The quantitative estimate of drug-likeness (QED) is 0.585. The van der Waals surface area contributed by atoms with Crippen molar-refractivity contribution in [3.63, 3.8) is 0 Å². The zero-order valence-electron chi connectivity index (χ0n) is 7.23. The first-order chi connectivity index (χ1) is 6.05. The molecule has 0 fully saturated rings. The molecular formula is C8H11NO3S. The minimum atomic E-state index is -3.48. The SMILES string of the molecule is CCS(=O)(=O)Oc1ccccc1N. The van der Waals surface area contributed by atoms with Gasteiger partial charge in [0.05, 0.1) is 11.4 Å². The van der Waals surface area contributed by atoms with Gasteiger partial charge in [0.25, 0.3) is 0 Å². The number of nitrogens with two attached hydrogens (primary N) is 1. The molecule has 0 aromatic heterocycles. The zero-order chi connectivity index (χ0) is 9.90. The fraction of sp³-hybridized carbons (Fsp3) is 0.250. The largest absolute Gasteiger partial charge is 0.396 e. The highest BCUT2D eigenvalue weighted by Crippen LogP contribution is 2.21. The third-order valence-electron chi connectivity index (χ3n) is 1.49. The average Bonchev–Trinajstić information content (AvgIpc) is 2.09. The lowest BCUT2D eigenvalue weighted by molar-refractivity contribution is 0.488. The predicted molar refractivity (Wildman–Crippen MR) is 50.9 cm³/mol. The zero-order valence-corrected chi connectivity index (χ0v) is 8.04. The van der Waals surface area contributed by atoms with Crippen LogP contribution in [0.3, 0.4) is 0 Å². The first-order valence-electron chi connectivity index (χ1n) is 3.82. The van der Waals surface area contributed by atoms with Crippen LogP contribution in [0.5, 0.6) is 5.75 Å². The molecule has 1 aromatic rings. The van der Waals surface area contributed by atoms with Gasteiger partial charge in [-0.1, -0.05) is 12.1 Å². The fourth-order valence-electron chi connectivity index (χ4n) is 0.752. The molecule has 0 unspecified atom stereocenters. The van der Waals surface area contributed by atoms with E-state index in [2.05, 4.69) is 0 Å². The highest BCUT2D eigenvalue weighted by atomic mass is 32.2. The van der Waals surface area contributed by atoms with Crippen molar-refractivity contribution < 1.29 is 12.6 Å². The molecule has 0 aliphatic heterocycles. The Kier molecular flexibility index (Phi) is 2.77. The van der Waals surface area contributed by atoms with Crippen LogP contribution in [0, 0.1) is 0 Å². The lowest BCUT2D eigenvalue weighted by Gasteiger charge is -2.06. The van der Waals surface area contributed by atoms with Crippen LogP contribution in [0.25, 0.3) is 0 Å². The van der Waals surface area contributed by atoms with Crippen LogP contribution in [-0.2, 0) is 10.1 Å². The highest BCUT2D eigenvalue weighted by Gasteiger charge is 2.10. The van der Waals surface area contributed by atoms with E-state index in [1.165, 1.54) is 13.0 Å². The Bertz CT molecular complexity index is 386. The average molecular weight is 201 g/mol. The summed E-state index contributed by atoms with van der Waals surface area (Å²) in [4.78, 5) is 0. The molecule has 13 heavy (non-hydrogen) atoms. The van der Waals surface area contributed by atoms with Crippen molar-refractivity contribution in [3.8, 4) is 5.75 Å². The van der Waals surface area contributed by atoms with Crippen LogP contribution in [0.4, 0.5) is 5.69 Å². The first-order valence-corrected chi connectivity index (χ1v) is 5.39. The Morgan fingerprint density at radius 1 is 1.38 bits per heavy atom. The van der Waals surface area contributed by atoms with E-state index >= 15 is 0 Å². The van der Waals surface area contributed by atoms with Crippen molar-refractivity contribution >= 4 is 15.8 Å². The summed E-state index contributed by atoms with van der Waals surface area (Å²) in [5.41, 5.74) is 5.81. The van der Waals surface area contributed by atoms with Gasteiger partial charge in [0.1, 0.15) is 0 Å². The summed E-state index contributed by atoms with van der Waals surface area (Å²) in [6, 6.07) is 6.47. The van der Waals surface area contributed by atoms with Gasteiger partial charge in [0.2, 0.25) is 0 Å². The number of benzene rings is 1.